The van der Waals surface area contributed by atoms with Gasteiger partial charge in [-0.1, -0.05) is 24.3 Å². The molecular formula is C28H28N6O2. The number of piperazine rings is 1. The zero-order chi connectivity index (χ0) is 24.6. The van der Waals surface area contributed by atoms with Crippen molar-refractivity contribution in [1.82, 2.24) is 24.6 Å². The lowest BCUT2D eigenvalue weighted by molar-refractivity contribution is 0.0746. The molecule has 182 valence electrons. The predicted octanol–water partition coefficient (Wildman–Crippen LogP) is 3.79. The van der Waals surface area contributed by atoms with Crippen LogP contribution >= 0.6 is 0 Å². The molecule has 6 rings (SSSR count). The van der Waals surface area contributed by atoms with Gasteiger partial charge in [0.2, 0.25) is 0 Å². The number of phenols is 1. The minimum atomic E-state index is -0.0239. The van der Waals surface area contributed by atoms with Crippen LogP contribution in [-0.2, 0) is 12.8 Å². The van der Waals surface area contributed by atoms with Crippen molar-refractivity contribution in [2.45, 2.75) is 26.2 Å². The Morgan fingerprint density at radius 3 is 2.47 bits per heavy atom. The number of aromatic nitrogens is 4. The molecule has 8 nitrogen and oxygen atoms in total. The highest BCUT2D eigenvalue weighted by Crippen LogP contribution is 2.31. The minimum absolute atomic E-state index is 0.0239. The largest absolute Gasteiger partial charge is 0.508 e. The molecule has 0 radical (unpaired) electrons. The summed E-state index contributed by atoms with van der Waals surface area (Å²) in [5.41, 5.74) is 6.93. The SMILES string of the molecule is Cc1c(C(=O)N2CCN(c3ccc(O)cc3)CC2)cnn1-c1ncc2c(n1)-c1ccccc1CCC2. The number of fused-ring (bicyclic) bond motifs is 3. The molecule has 2 aromatic heterocycles. The van der Waals surface area contributed by atoms with Crippen LogP contribution in [-0.4, -0.2) is 61.8 Å². The first-order chi connectivity index (χ1) is 17.6. The van der Waals surface area contributed by atoms with Gasteiger partial charge < -0.3 is 14.9 Å². The molecule has 36 heavy (non-hydrogen) atoms. The van der Waals surface area contributed by atoms with E-state index < -0.39 is 0 Å². The lowest BCUT2D eigenvalue weighted by Crippen LogP contribution is -2.48. The van der Waals surface area contributed by atoms with E-state index in [1.165, 1.54) is 5.56 Å². The molecule has 1 amide bonds. The van der Waals surface area contributed by atoms with Crippen LogP contribution in [0.15, 0.2) is 60.9 Å². The fourth-order valence-corrected chi connectivity index (χ4v) is 5.18. The van der Waals surface area contributed by atoms with E-state index >= 15 is 0 Å². The maximum Gasteiger partial charge on any atom is 0.257 e. The van der Waals surface area contributed by atoms with Gasteiger partial charge in [-0.3, -0.25) is 4.79 Å². The molecule has 0 unspecified atom stereocenters. The number of rotatable bonds is 3. The summed E-state index contributed by atoms with van der Waals surface area (Å²) in [5, 5.41) is 14.0. The zero-order valence-electron chi connectivity index (χ0n) is 20.3. The highest BCUT2D eigenvalue weighted by Gasteiger charge is 2.26. The fraction of sp³-hybridized carbons (Fsp3) is 0.286. The first kappa shape index (κ1) is 22.3. The summed E-state index contributed by atoms with van der Waals surface area (Å²) in [6.45, 7) is 4.61. The van der Waals surface area contributed by atoms with Crippen molar-refractivity contribution in [3.8, 4) is 23.0 Å². The number of nitrogens with zero attached hydrogens (tertiary/aromatic N) is 6. The first-order valence-corrected chi connectivity index (χ1v) is 12.4. The van der Waals surface area contributed by atoms with Crippen LogP contribution in [0.4, 0.5) is 5.69 Å². The van der Waals surface area contributed by atoms with E-state index in [-0.39, 0.29) is 11.7 Å². The average molecular weight is 481 g/mol. The summed E-state index contributed by atoms with van der Waals surface area (Å²) >= 11 is 0. The Kier molecular flexibility index (Phi) is 5.64. The van der Waals surface area contributed by atoms with Gasteiger partial charge in [0, 0.05) is 43.6 Å². The molecule has 0 bridgehead atoms. The second-order valence-corrected chi connectivity index (χ2v) is 9.41. The number of hydrogen-bond donors (Lipinski definition) is 1. The highest BCUT2D eigenvalue weighted by atomic mass is 16.3. The summed E-state index contributed by atoms with van der Waals surface area (Å²) in [6.07, 6.45) is 6.59. The Hall–Kier alpha value is -4.20. The second-order valence-electron chi connectivity index (χ2n) is 9.41. The van der Waals surface area contributed by atoms with Crippen LogP contribution < -0.4 is 4.90 Å². The van der Waals surface area contributed by atoms with Gasteiger partial charge in [-0.05, 0) is 61.6 Å². The Labute approximate surface area is 209 Å². The molecule has 1 saturated heterocycles. The van der Waals surface area contributed by atoms with Crippen molar-refractivity contribution in [3.05, 3.63) is 83.3 Å². The number of hydrogen-bond acceptors (Lipinski definition) is 6. The van der Waals surface area contributed by atoms with Crippen LogP contribution in [0.25, 0.3) is 17.2 Å². The van der Waals surface area contributed by atoms with E-state index in [0.717, 1.165) is 60.6 Å². The highest BCUT2D eigenvalue weighted by molar-refractivity contribution is 5.95. The third-order valence-electron chi connectivity index (χ3n) is 7.23. The van der Waals surface area contributed by atoms with E-state index in [4.69, 9.17) is 4.98 Å². The van der Waals surface area contributed by atoms with Gasteiger partial charge in [0.15, 0.2) is 0 Å². The molecule has 1 aliphatic heterocycles. The number of amides is 1. The maximum atomic E-state index is 13.4. The van der Waals surface area contributed by atoms with Gasteiger partial charge in [0.05, 0.1) is 23.1 Å². The Morgan fingerprint density at radius 1 is 0.917 bits per heavy atom. The van der Waals surface area contributed by atoms with Gasteiger partial charge in [0.25, 0.3) is 11.9 Å². The van der Waals surface area contributed by atoms with E-state index in [1.807, 2.05) is 36.2 Å². The molecule has 2 aromatic carbocycles. The Bertz CT molecular complexity index is 1420. The molecule has 0 atom stereocenters. The van der Waals surface area contributed by atoms with Crippen LogP contribution in [0, 0.1) is 6.92 Å². The Morgan fingerprint density at radius 2 is 1.67 bits per heavy atom. The molecule has 4 aromatic rings. The summed E-state index contributed by atoms with van der Waals surface area (Å²) in [7, 11) is 0. The normalized spacial score (nSPS) is 15.2. The van der Waals surface area contributed by atoms with Gasteiger partial charge >= 0.3 is 0 Å². The summed E-state index contributed by atoms with van der Waals surface area (Å²) in [6, 6.07) is 15.6. The fourth-order valence-electron chi connectivity index (χ4n) is 5.18. The molecular weight excluding hydrogens is 452 g/mol. The summed E-state index contributed by atoms with van der Waals surface area (Å²) < 4.78 is 1.67. The van der Waals surface area contributed by atoms with Crippen LogP contribution in [0.5, 0.6) is 5.75 Å². The number of benzene rings is 2. The molecule has 0 spiro atoms. The molecule has 1 fully saturated rings. The van der Waals surface area contributed by atoms with Crippen molar-refractivity contribution < 1.29 is 9.90 Å². The second kappa shape index (κ2) is 9.11. The van der Waals surface area contributed by atoms with E-state index in [1.54, 1.807) is 23.0 Å². The van der Waals surface area contributed by atoms with Gasteiger partial charge in [0.1, 0.15) is 5.75 Å². The molecule has 1 N–H and O–H groups in total. The maximum absolute atomic E-state index is 13.4. The molecule has 1 aliphatic carbocycles. The van der Waals surface area contributed by atoms with Crippen molar-refractivity contribution in [1.29, 1.82) is 0 Å². The van der Waals surface area contributed by atoms with E-state index in [0.29, 0.717) is 24.6 Å². The van der Waals surface area contributed by atoms with Crippen molar-refractivity contribution in [3.63, 3.8) is 0 Å². The van der Waals surface area contributed by atoms with Crippen LogP contribution in [0.1, 0.15) is 33.6 Å². The van der Waals surface area contributed by atoms with Crippen molar-refractivity contribution >= 4 is 11.6 Å². The number of anilines is 1. The number of carbonyl (C=O) groups excluding carboxylic acids is 1. The lowest BCUT2D eigenvalue weighted by Gasteiger charge is -2.36. The molecule has 3 heterocycles. The van der Waals surface area contributed by atoms with Crippen molar-refractivity contribution in [2.24, 2.45) is 0 Å². The topological polar surface area (TPSA) is 87.4 Å². The molecule has 2 aliphatic rings. The van der Waals surface area contributed by atoms with Crippen LogP contribution in [0.2, 0.25) is 0 Å². The monoisotopic (exact) mass is 480 g/mol. The van der Waals surface area contributed by atoms with E-state index in [2.05, 4.69) is 33.2 Å². The zero-order valence-corrected chi connectivity index (χ0v) is 20.3. The van der Waals surface area contributed by atoms with Gasteiger partial charge in [-0.25, -0.2) is 14.6 Å². The minimum Gasteiger partial charge on any atom is -0.508 e. The number of aromatic hydroxyl groups is 1. The third-order valence-corrected chi connectivity index (χ3v) is 7.23. The van der Waals surface area contributed by atoms with Gasteiger partial charge in [-0.2, -0.15) is 5.10 Å². The number of aryl methyl sites for hydroxylation is 2. The standard InChI is InChI=1S/C28H28N6O2/c1-19-25(27(36)33-15-13-32(14-16-33)22-9-11-23(35)12-10-22)18-30-34(19)28-29-17-21-7-4-6-20-5-2-3-8-24(20)26(21)31-28/h2-3,5,8-12,17-18,35H,4,6-7,13-16H2,1H3. The third kappa shape index (κ3) is 3.98. The predicted molar refractivity (Wildman–Crippen MR) is 138 cm³/mol. The molecule has 8 heteroatoms. The smallest absolute Gasteiger partial charge is 0.257 e. The van der Waals surface area contributed by atoms with Gasteiger partial charge in [-0.15, -0.1) is 0 Å². The van der Waals surface area contributed by atoms with E-state index in [9.17, 15) is 9.90 Å². The number of carbonyl (C=O) groups is 1. The van der Waals surface area contributed by atoms with Crippen molar-refractivity contribution in [2.75, 3.05) is 31.1 Å². The summed E-state index contributed by atoms with van der Waals surface area (Å²) in [4.78, 5) is 27.0. The number of phenolic OH excluding ortho intramolecular Hbond substituents is 1. The Balaban J connectivity index is 1.23. The lowest BCUT2D eigenvalue weighted by atomic mass is 10.0. The quantitative estimate of drug-likeness (QED) is 0.480. The molecule has 0 saturated carbocycles. The summed E-state index contributed by atoms with van der Waals surface area (Å²) in [5.74, 6) is 0.714. The average Bonchev–Trinajstić information content (AvgIpc) is 3.20. The van der Waals surface area contributed by atoms with Crippen LogP contribution in [0.3, 0.4) is 0 Å². The first-order valence-electron chi connectivity index (χ1n) is 12.4.